The zero-order chi connectivity index (χ0) is 12.3. The summed E-state index contributed by atoms with van der Waals surface area (Å²) in [5, 5.41) is 0.578. The van der Waals surface area contributed by atoms with Crippen LogP contribution >= 0.6 is 23.1 Å². The van der Waals surface area contributed by atoms with Gasteiger partial charge < -0.3 is 5.73 Å². The molecule has 5 heteroatoms. The van der Waals surface area contributed by atoms with Gasteiger partial charge in [0.15, 0.2) is 4.34 Å². The zero-order valence-electron chi connectivity index (χ0n) is 9.44. The van der Waals surface area contributed by atoms with Crippen molar-refractivity contribution >= 4 is 28.1 Å². The van der Waals surface area contributed by atoms with Crippen LogP contribution in [0.3, 0.4) is 0 Å². The molecule has 0 amide bonds. The van der Waals surface area contributed by atoms with Crippen LogP contribution in [0, 0.1) is 5.82 Å². The fourth-order valence-electron chi connectivity index (χ4n) is 1.41. The molecule has 0 aliphatic rings. The molecular formula is C12H13FN2S2. The van der Waals surface area contributed by atoms with Crippen molar-refractivity contribution in [2.45, 2.75) is 17.7 Å². The Hall–Kier alpha value is -1.07. The highest BCUT2D eigenvalue weighted by Gasteiger charge is 2.13. The number of thioether (sulfide) groups is 1. The first-order valence-corrected chi connectivity index (χ1v) is 7.16. The third kappa shape index (κ3) is 2.79. The fourth-order valence-corrected chi connectivity index (χ4v) is 3.28. The Morgan fingerprint density at radius 3 is 2.88 bits per heavy atom. The molecule has 1 heterocycles. The van der Waals surface area contributed by atoms with Crippen LogP contribution in [-0.2, 0) is 0 Å². The lowest BCUT2D eigenvalue weighted by Gasteiger charge is -1.99. The molecule has 2 aromatic rings. The van der Waals surface area contributed by atoms with E-state index in [1.807, 2.05) is 0 Å². The topological polar surface area (TPSA) is 38.9 Å². The van der Waals surface area contributed by atoms with Crippen LogP contribution in [0.5, 0.6) is 0 Å². The van der Waals surface area contributed by atoms with Crippen molar-refractivity contribution in [3.05, 3.63) is 30.1 Å². The van der Waals surface area contributed by atoms with E-state index in [2.05, 4.69) is 11.9 Å². The quantitative estimate of drug-likeness (QED) is 0.851. The lowest BCUT2D eigenvalue weighted by Crippen LogP contribution is -1.88. The van der Waals surface area contributed by atoms with Gasteiger partial charge in [-0.2, -0.15) is 0 Å². The average Bonchev–Trinajstić information content (AvgIpc) is 2.68. The summed E-state index contributed by atoms with van der Waals surface area (Å²) in [6.45, 7) is 2.11. The number of nitrogens with zero attached hydrogens (tertiary/aromatic N) is 1. The van der Waals surface area contributed by atoms with Gasteiger partial charge >= 0.3 is 0 Å². The summed E-state index contributed by atoms with van der Waals surface area (Å²) in [5.74, 6) is 0.723. The Morgan fingerprint density at radius 1 is 1.41 bits per heavy atom. The number of halogens is 1. The first-order valence-electron chi connectivity index (χ1n) is 5.36. The maximum absolute atomic E-state index is 13.6. The van der Waals surface area contributed by atoms with Gasteiger partial charge in [-0.05, 0) is 18.6 Å². The molecule has 0 unspecified atom stereocenters. The van der Waals surface area contributed by atoms with Crippen molar-refractivity contribution in [3.63, 3.8) is 0 Å². The predicted octanol–water partition coefficient (Wildman–Crippen LogP) is 4.03. The molecule has 17 heavy (non-hydrogen) atoms. The van der Waals surface area contributed by atoms with Gasteiger partial charge in [0.2, 0.25) is 0 Å². The standard InChI is InChI=1S/C12H13FN2S2/c1-2-7-16-12-15-10(11(14)17-12)8-5-3-4-6-9(8)13/h3-6H,2,7,14H2,1H3. The van der Waals surface area contributed by atoms with E-state index < -0.39 is 0 Å². The third-order valence-electron chi connectivity index (χ3n) is 2.19. The lowest BCUT2D eigenvalue weighted by molar-refractivity contribution is 0.631. The molecule has 0 aliphatic heterocycles. The van der Waals surface area contributed by atoms with Gasteiger partial charge in [-0.25, -0.2) is 9.37 Å². The van der Waals surface area contributed by atoms with E-state index in [0.717, 1.165) is 16.5 Å². The predicted molar refractivity (Wildman–Crippen MR) is 72.9 cm³/mol. The number of anilines is 1. The van der Waals surface area contributed by atoms with E-state index in [-0.39, 0.29) is 5.82 Å². The van der Waals surface area contributed by atoms with Gasteiger partial charge in [-0.15, -0.1) is 0 Å². The Morgan fingerprint density at radius 2 is 2.18 bits per heavy atom. The van der Waals surface area contributed by atoms with E-state index in [1.165, 1.54) is 17.4 Å². The third-order valence-corrected chi connectivity index (χ3v) is 4.43. The van der Waals surface area contributed by atoms with Crippen molar-refractivity contribution in [3.8, 4) is 11.3 Å². The molecule has 0 bridgehead atoms. The maximum atomic E-state index is 13.6. The summed E-state index contributed by atoms with van der Waals surface area (Å²) in [7, 11) is 0. The Kier molecular flexibility index (Phi) is 4.02. The van der Waals surface area contributed by atoms with Crippen LogP contribution in [0.1, 0.15) is 13.3 Å². The molecule has 1 aromatic carbocycles. The first-order chi connectivity index (χ1) is 8.22. The second-order valence-corrected chi connectivity index (χ2v) is 5.89. The largest absolute Gasteiger partial charge is 0.389 e. The second-order valence-electron chi connectivity index (χ2n) is 3.52. The molecule has 0 atom stereocenters. The van der Waals surface area contributed by atoms with Gasteiger partial charge in [0, 0.05) is 11.3 Å². The maximum Gasteiger partial charge on any atom is 0.152 e. The minimum Gasteiger partial charge on any atom is -0.389 e. The molecule has 0 aliphatic carbocycles. The summed E-state index contributed by atoms with van der Waals surface area (Å²) >= 11 is 3.08. The van der Waals surface area contributed by atoms with E-state index in [1.54, 1.807) is 30.0 Å². The van der Waals surface area contributed by atoms with E-state index in [9.17, 15) is 4.39 Å². The molecule has 0 radical (unpaired) electrons. The molecule has 2 N–H and O–H groups in total. The van der Waals surface area contributed by atoms with Gasteiger partial charge in [-0.3, -0.25) is 0 Å². The lowest BCUT2D eigenvalue weighted by atomic mass is 10.1. The van der Waals surface area contributed by atoms with Crippen LogP contribution in [0.25, 0.3) is 11.3 Å². The van der Waals surface area contributed by atoms with Crippen molar-refractivity contribution < 1.29 is 4.39 Å². The van der Waals surface area contributed by atoms with Crippen molar-refractivity contribution in [1.29, 1.82) is 0 Å². The van der Waals surface area contributed by atoms with Crippen LogP contribution in [-0.4, -0.2) is 10.7 Å². The number of benzene rings is 1. The van der Waals surface area contributed by atoms with E-state index in [0.29, 0.717) is 16.3 Å². The number of hydrogen-bond acceptors (Lipinski definition) is 4. The van der Waals surface area contributed by atoms with Gasteiger partial charge in [-0.1, -0.05) is 42.2 Å². The molecule has 0 saturated heterocycles. The molecule has 0 fully saturated rings. The summed E-state index contributed by atoms with van der Waals surface area (Å²) in [6, 6.07) is 6.58. The fraction of sp³-hybridized carbons (Fsp3) is 0.250. The molecule has 0 spiro atoms. The van der Waals surface area contributed by atoms with Gasteiger partial charge in [0.1, 0.15) is 16.5 Å². The highest BCUT2D eigenvalue weighted by molar-refractivity contribution is 8.01. The van der Waals surface area contributed by atoms with Crippen molar-refractivity contribution in [2.24, 2.45) is 0 Å². The van der Waals surface area contributed by atoms with Crippen molar-refractivity contribution in [2.75, 3.05) is 11.5 Å². The smallest absolute Gasteiger partial charge is 0.152 e. The molecule has 90 valence electrons. The van der Waals surface area contributed by atoms with E-state index >= 15 is 0 Å². The summed E-state index contributed by atoms with van der Waals surface area (Å²) in [5.41, 5.74) is 6.93. The SMILES string of the molecule is CCCSc1nc(-c2ccccc2F)c(N)s1. The molecular weight excluding hydrogens is 255 g/mol. The molecule has 2 nitrogen and oxygen atoms in total. The number of rotatable bonds is 4. The van der Waals surface area contributed by atoms with Crippen molar-refractivity contribution in [1.82, 2.24) is 4.98 Å². The van der Waals surface area contributed by atoms with Gasteiger partial charge in [0.05, 0.1) is 0 Å². The Bertz CT molecular complexity index is 511. The van der Waals surface area contributed by atoms with Crippen LogP contribution < -0.4 is 5.73 Å². The highest BCUT2D eigenvalue weighted by Crippen LogP contribution is 2.36. The molecule has 0 saturated carbocycles. The average molecular weight is 268 g/mol. The highest BCUT2D eigenvalue weighted by atomic mass is 32.2. The summed E-state index contributed by atoms with van der Waals surface area (Å²) in [4.78, 5) is 4.39. The normalized spacial score (nSPS) is 10.7. The zero-order valence-corrected chi connectivity index (χ0v) is 11.1. The van der Waals surface area contributed by atoms with Crippen LogP contribution in [0.4, 0.5) is 9.39 Å². The number of nitrogens with two attached hydrogens (primary N) is 1. The minimum atomic E-state index is -0.281. The first kappa shape index (κ1) is 12.4. The monoisotopic (exact) mass is 268 g/mol. The van der Waals surface area contributed by atoms with Gasteiger partial charge in [0.25, 0.3) is 0 Å². The van der Waals surface area contributed by atoms with Crippen LogP contribution in [0.15, 0.2) is 28.6 Å². The summed E-state index contributed by atoms with van der Waals surface area (Å²) in [6.07, 6.45) is 1.08. The summed E-state index contributed by atoms with van der Waals surface area (Å²) < 4.78 is 14.5. The number of nitrogen functional groups attached to an aromatic ring is 1. The Balaban J connectivity index is 2.33. The number of thiazole rings is 1. The minimum absolute atomic E-state index is 0.281. The number of aromatic nitrogens is 1. The molecule has 1 aromatic heterocycles. The van der Waals surface area contributed by atoms with Crippen LogP contribution in [0.2, 0.25) is 0 Å². The Labute approximate surface area is 108 Å². The second kappa shape index (κ2) is 5.51. The van der Waals surface area contributed by atoms with E-state index in [4.69, 9.17) is 5.73 Å². The number of hydrogen-bond donors (Lipinski definition) is 1. The molecule has 2 rings (SSSR count).